The fraction of sp³-hybridized carbons (Fsp3) is 0.250. The summed E-state index contributed by atoms with van der Waals surface area (Å²) in [5.41, 5.74) is 3.71. The highest BCUT2D eigenvalue weighted by atomic mass is 16.5. The van der Waals surface area contributed by atoms with Crippen molar-refractivity contribution in [2.24, 2.45) is 0 Å². The highest BCUT2D eigenvalue weighted by Gasteiger charge is 1.97. The maximum Gasteiger partial charge on any atom is 0.0717 e. The van der Waals surface area contributed by atoms with Gasteiger partial charge in [-0.25, -0.2) is 0 Å². The van der Waals surface area contributed by atoms with Crippen LogP contribution in [0.15, 0.2) is 54.6 Å². The number of hydrogen-bond donors (Lipinski definition) is 1. The van der Waals surface area contributed by atoms with Crippen molar-refractivity contribution in [3.8, 4) is 11.1 Å². The summed E-state index contributed by atoms with van der Waals surface area (Å²) in [5, 5.41) is 3.06. The second kappa shape index (κ2) is 6.94. The lowest BCUT2D eigenvalue weighted by atomic mass is 10.0. The summed E-state index contributed by atoms with van der Waals surface area (Å²) in [6, 6.07) is 18.9. The molecule has 0 heterocycles. The lowest BCUT2D eigenvalue weighted by Gasteiger charge is -2.06. The zero-order valence-electron chi connectivity index (χ0n) is 10.7. The summed E-state index contributed by atoms with van der Waals surface area (Å²) < 4.78 is 5.54. The van der Waals surface area contributed by atoms with Crippen LogP contribution in [-0.2, 0) is 11.3 Å². The largest absolute Gasteiger partial charge is 0.375 e. The Bertz CT molecular complexity index is 450. The highest BCUT2D eigenvalue weighted by Crippen LogP contribution is 2.19. The van der Waals surface area contributed by atoms with Gasteiger partial charge in [-0.2, -0.15) is 0 Å². The molecule has 0 aliphatic rings. The van der Waals surface area contributed by atoms with Gasteiger partial charge in [-0.05, 0) is 23.7 Å². The third kappa shape index (κ3) is 3.69. The topological polar surface area (TPSA) is 21.3 Å². The van der Waals surface area contributed by atoms with Crippen LogP contribution in [0, 0.1) is 0 Å². The third-order valence-electron chi connectivity index (χ3n) is 2.83. The molecule has 2 aromatic carbocycles. The molecule has 0 fully saturated rings. The van der Waals surface area contributed by atoms with Crippen molar-refractivity contribution in [1.29, 1.82) is 0 Å². The molecular formula is C16H19NO. The van der Waals surface area contributed by atoms with Crippen LogP contribution in [0.5, 0.6) is 0 Å². The van der Waals surface area contributed by atoms with Crippen LogP contribution in [0.3, 0.4) is 0 Å². The first-order chi connectivity index (χ1) is 8.90. The molecule has 94 valence electrons. The summed E-state index contributed by atoms with van der Waals surface area (Å²) in [6.45, 7) is 2.32. The fourth-order valence-corrected chi connectivity index (χ4v) is 1.79. The maximum absolute atomic E-state index is 5.54. The highest BCUT2D eigenvalue weighted by molar-refractivity contribution is 5.63. The number of benzene rings is 2. The van der Waals surface area contributed by atoms with E-state index in [2.05, 4.69) is 53.8 Å². The molecule has 0 bridgehead atoms. The Balaban J connectivity index is 1.94. The predicted molar refractivity (Wildman–Crippen MR) is 75.5 cm³/mol. The molecule has 0 aliphatic heterocycles. The number of likely N-dealkylation sites (N-methyl/N-ethyl adjacent to an activating group) is 1. The fourth-order valence-electron chi connectivity index (χ4n) is 1.79. The first kappa shape index (κ1) is 12.8. The Kier molecular flexibility index (Phi) is 4.94. The van der Waals surface area contributed by atoms with Crippen molar-refractivity contribution in [2.45, 2.75) is 6.61 Å². The molecular weight excluding hydrogens is 222 g/mol. The second-order valence-electron chi connectivity index (χ2n) is 4.22. The van der Waals surface area contributed by atoms with Gasteiger partial charge in [-0.1, -0.05) is 54.6 Å². The quantitative estimate of drug-likeness (QED) is 0.785. The lowest BCUT2D eigenvalue weighted by Crippen LogP contribution is -2.13. The molecule has 1 N–H and O–H groups in total. The van der Waals surface area contributed by atoms with Gasteiger partial charge in [0.25, 0.3) is 0 Å². The van der Waals surface area contributed by atoms with E-state index in [4.69, 9.17) is 4.74 Å². The van der Waals surface area contributed by atoms with Crippen LogP contribution in [0.4, 0.5) is 0 Å². The van der Waals surface area contributed by atoms with Gasteiger partial charge in [0, 0.05) is 6.54 Å². The van der Waals surface area contributed by atoms with E-state index in [0.29, 0.717) is 6.61 Å². The van der Waals surface area contributed by atoms with Gasteiger partial charge in [-0.15, -0.1) is 0 Å². The van der Waals surface area contributed by atoms with E-state index in [9.17, 15) is 0 Å². The van der Waals surface area contributed by atoms with E-state index in [1.165, 1.54) is 16.7 Å². The molecule has 2 rings (SSSR count). The minimum Gasteiger partial charge on any atom is -0.375 e. The molecule has 0 amide bonds. The Morgan fingerprint density at radius 1 is 0.889 bits per heavy atom. The van der Waals surface area contributed by atoms with Gasteiger partial charge in [0.2, 0.25) is 0 Å². The van der Waals surface area contributed by atoms with Gasteiger partial charge in [0.1, 0.15) is 0 Å². The van der Waals surface area contributed by atoms with Crippen LogP contribution in [0.1, 0.15) is 5.56 Å². The van der Waals surface area contributed by atoms with Crippen molar-refractivity contribution >= 4 is 0 Å². The first-order valence-corrected chi connectivity index (χ1v) is 6.27. The van der Waals surface area contributed by atoms with E-state index >= 15 is 0 Å². The molecule has 2 aromatic rings. The van der Waals surface area contributed by atoms with Gasteiger partial charge < -0.3 is 10.1 Å². The minimum absolute atomic E-state index is 0.677. The van der Waals surface area contributed by atoms with E-state index in [0.717, 1.165) is 13.2 Å². The summed E-state index contributed by atoms with van der Waals surface area (Å²) in [5.74, 6) is 0. The van der Waals surface area contributed by atoms with Crippen LogP contribution in [0.25, 0.3) is 11.1 Å². The predicted octanol–water partition coefficient (Wildman–Crippen LogP) is 3.09. The Morgan fingerprint density at radius 2 is 1.56 bits per heavy atom. The van der Waals surface area contributed by atoms with Crippen molar-refractivity contribution in [3.05, 3.63) is 60.2 Å². The molecule has 2 nitrogen and oxygen atoms in total. The number of ether oxygens (including phenoxy) is 1. The minimum atomic E-state index is 0.677. The maximum atomic E-state index is 5.54. The van der Waals surface area contributed by atoms with Gasteiger partial charge in [0.05, 0.1) is 13.2 Å². The number of rotatable bonds is 6. The van der Waals surface area contributed by atoms with Crippen molar-refractivity contribution in [3.63, 3.8) is 0 Å². The zero-order chi connectivity index (χ0) is 12.6. The monoisotopic (exact) mass is 241 g/mol. The first-order valence-electron chi connectivity index (χ1n) is 6.27. The summed E-state index contributed by atoms with van der Waals surface area (Å²) >= 11 is 0. The van der Waals surface area contributed by atoms with Crippen LogP contribution >= 0.6 is 0 Å². The van der Waals surface area contributed by atoms with Crippen LogP contribution < -0.4 is 5.32 Å². The van der Waals surface area contributed by atoms with Gasteiger partial charge in [0.15, 0.2) is 0 Å². The average molecular weight is 241 g/mol. The molecule has 18 heavy (non-hydrogen) atoms. The summed E-state index contributed by atoms with van der Waals surface area (Å²) in [7, 11) is 1.93. The van der Waals surface area contributed by atoms with Crippen molar-refractivity contribution in [1.82, 2.24) is 5.32 Å². The lowest BCUT2D eigenvalue weighted by molar-refractivity contribution is 0.124. The molecule has 2 heteroatoms. The average Bonchev–Trinajstić information content (AvgIpc) is 2.45. The smallest absolute Gasteiger partial charge is 0.0717 e. The van der Waals surface area contributed by atoms with Crippen LogP contribution in [-0.4, -0.2) is 20.2 Å². The Labute approximate surface area is 109 Å². The molecule has 0 spiro atoms. The molecule has 0 saturated heterocycles. The molecule has 0 unspecified atom stereocenters. The van der Waals surface area contributed by atoms with Crippen molar-refractivity contribution < 1.29 is 4.74 Å². The summed E-state index contributed by atoms with van der Waals surface area (Å²) in [6.07, 6.45) is 0. The van der Waals surface area contributed by atoms with E-state index < -0.39 is 0 Å². The molecule has 0 radical (unpaired) electrons. The van der Waals surface area contributed by atoms with Crippen molar-refractivity contribution in [2.75, 3.05) is 20.2 Å². The molecule has 0 atom stereocenters. The third-order valence-corrected chi connectivity index (χ3v) is 2.83. The van der Waals surface area contributed by atoms with Gasteiger partial charge in [-0.3, -0.25) is 0 Å². The standard InChI is InChI=1S/C16H19NO/c1-17-11-12-18-13-14-7-9-16(10-8-14)15-5-3-2-4-6-15/h2-10,17H,11-13H2,1H3. The SMILES string of the molecule is CNCCOCc1ccc(-c2ccccc2)cc1. The molecule has 0 aromatic heterocycles. The Hall–Kier alpha value is -1.64. The van der Waals surface area contributed by atoms with E-state index in [1.807, 2.05) is 13.1 Å². The number of nitrogens with one attached hydrogen (secondary N) is 1. The second-order valence-corrected chi connectivity index (χ2v) is 4.22. The number of hydrogen-bond acceptors (Lipinski definition) is 2. The van der Waals surface area contributed by atoms with Crippen LogP contribution in [0.2, 0.25) is 0 Å². The normalized spacial score (nSPS) is 10.5. The zero-order valence-corrected chi connectivity index (χ0v) is 10.7. The molecule has 0 saturated carbocycles. The molecule has 0 aliphatic carbocycles. The van der Waals surface area contributed by atoms with Gasteiger partial charge >= 0.3 is 0 Å². The van der Waals surface area contributed by atoms with E-state index in [-0.39, 0.29) is 0 Å². The van der Waals surface area contributed by atoms with E-state index in [1.54, 1.807) is 0 Å². The Morgan fingerprint density at radius 3 is 2.22 bits per heavy atom. The summed E-state index contributed by atoms with van der Waals surface area (Å²) in [4.78, 5) is 0.